The van der Waals surface area contributed by atoms with Crippen molar-refractivity contribution in [2.75, 3.05) is 13.7 Å². The Morgan fingerprint density at radius 1 is 0.744 bits per heavy atom. The van der Waals surface area contributed by atoms with Gasteiger partial charge in [-0.3, -0.25) is 9.59 Å². The lowest BCUT2D eigenvalue weighted by atomic mass is 9.99. The summed E-state index contributed by atoms with van der Waals surface area (Å²) in [5, 5.41) is 5.45. The summed E-state index contributed by atoms with van der Waals surface area (Å²) in [4.78, 5) is 49.1. The molecule has 2 amide bonds. The number of hydrogen-bond acceptors (Lipinski definition) is 6. The Kier molecular flexibility index (Phi) is 11.7. The topological polar surface area (TPSA) is 111 Å². The van der Waals surface area contributed by atoms with Crippen molar-refractivity contribution in [3.8, 4) is 0 Å². The Hall–Kier alpha value is -4.46. The highest BCUT2D eigenvalue weighted by atomic mass is 16.5. The maximum atomic E-state index is 12.6. The van der Waals surface area contributed by atoms with E-state index in [4.69, 9.17) is 9.47 Å². The van der Waals surface area contributed by atoms with E-state index < -0.39 is 18.1 Å². The third-order valence-electron chi connectivity index (χ3n) is 6.08. The molecule has 39 heavy (non-hydrogen) atoms. The summed E-state index contributed by atoms with van der Waals surface area (Å²) in [7, 11) is 1.28. The first-order chi connectivity index (χ1) is 19.0. The molecule has 204 valence electrons. The molecular weight excluding hydrogens is 496 g/mol. The van der Waals surface area contributed by atoms with Crippen LogP contribution in [0.3, 0.4) is 0 Å². The lowest BCUT2D eigenvalue weighted by molar-refractivity contribution is -0.145. The van der Waals surface area contributed by atoms with Crippen LogP contribution in [0.5, 0.6) is 0 Å². The van der Waals surface area contributed by atoms with Crippen LogP contribution in [0.2, 0.25) is 0 Å². The van der Waals surface area contributed by atoms with Crippen molar-refractivity contribution in [1.82, 2.24) is 10.6 Å². The molecule has 0 unspecified atom stereocenters. The highest BCUT2D eigenvalue weighted by molar-refractivity contribution is 6.08. The number of unbranched alkanes of at least 4 members (excludes halogenated alkanes) is 2. The number of alkyl carbamates (subject to hydrolysis) is 1. The van der Waals surface area contributed by atoms with Gasteiger partial charge in [-0.05, 0) is 24.0 Å². The number of carbonyl (C=O) groups is 4. The van der Waals surface area contributed by atoms with Gasteiger partial charge in [-0.1, -0.05) is 91.3 Å². The Morgan fingerprint density at radius 2 is 1.38 bits per heavy atom. The summed E-state index contributed by atoms with van der Waals surface area (Å²) >= 11 is 0. The van der Waals surface area contributed by atoms with Crippen molar-refractivity contribution in [3.05, 3.63) is 107 Å². The summed E-state index contributed by atoms with van der Waals surface area (Å²) in [6.07, 6.45) is 2.05. The molecule has 0 aromatic heterocycles. The second-order valence-corrected chi connectivity index (χ2v) is 9.04. The van der Waals surface area contributed by atoms with E-state index in [9.17, 15) is 19.2 Å². The van der Waals surface area contributed by atoms with Crippen LogP contribution in [-0.2, 0) is 32.1 Å². The average molecular weight is 531 g/mol. The van der Waals surface area contributed by atoms with E-state index in [2.05, 4.69) is 10.6 Å². The fraction of sp³-hybridized carbons (Fsp3) is 0.290. The number of benzene rings is 3. The van der Waals surface area contributed by atoms with Gasteiger partial charge >= 0.3 is 12.1 Å². The predicted molar refractivity (Wildman–Crippen MR) is 147 cm³/mol. The van der Waals surface area contributed by atoms with Crippen LogP contribution in [0.25, 0.3) is 0 Å². The van der Waals surface area contributed by atoms with Crippen molar-refractivity contribution in [3.63, 3.8) is 0 Å². The van der Waals surface area contributed by atoms with E-state index in [1.807, 2.05) is 48.5 Å². The molecule has 0 fully saturated rings. The number of methoxy groups -OCH3 is 1. The van der Waals surface area contributed by atoms with Crippen LogP contribution in [-0.4, -0.2) is 43.4 Å². The van der Waals surface area contributed by atoms with E-state index in [1.165, 1.54) is 7.11 Å². The molecule has 0 saturated carbocycles. The Balaban J connectivity index is 1.37. The third kappa shape index (κ3) is 10.1. The number of hydrogen-bond donors (Lipinski definition) is 2. The quantitative estimate of drug-likeness (QED) is 0.179. The van der Waals surface area contributed by atoms with Crippen LogP contribution in [0.4, 0.5) is 4.79 Å². The maximum Gasteiger partial charge on any atom is 0.407 e. The zero-order valence-electron chi connectivity index (χ0n) is 22.1. The van der Waals surface area contributed by atoms with Gasteiger partial charge in [-0.25, -0.2) is 9.59 Å². The van der Waals surface area contributed by atoms with Gasteiger partial charge in [0.25, 0.3) is 0 Å². The molecule has 8 nitrogen and oxygen atoms in total. The molecule has 0 radical (unpaired) electrons. The summed E-state index contributed by atoms with van der Waals surface area (Å²) in [5.41, 5.74) is 2.85. The molecule has 3 aromatic carbocycles. The molecule has 0 aliphatic rings. The minimum atomic E-state index is -0.834. The van der Waals surface area contributed by atoms with Crippen LogP contribution < -0.4 is 10.6 Å². The van der Waals surface area contributed by atoms with Gasteiger partial charge in [0.2, 0.25) is 5.91 Å². The number of esters is 1. The first-order valence-electron chi connectivity index (χ1n) is 13.0. The monoisotopic (exact) mass is 530 g/mol. The molecule has 8 heteroatoms. The molecule has 0 saturated heterocycles. The molecule has 0 spiro atoms. The summed E-state index contributed by atoms with van der Waals surface area (Å²) in [6, 6.07) is 24.6. The number of amides is 2. The van der Waals surface area contributed by atoms with Crippen LogP contribution >= 0.6 is 0 Å². The smallest absolute Gasteiger partial charge is 0.407 e. The number of carbonyl (C=O) groups excluding carboxylic acids is 4. The summed E-state index contributed by atoms with van der Waals surface area (Å²) in [6.45, 7) is 0.660. The number of rotatable bonds is 14. The van der Waals surface area contributed by atoms with Crippen LogP contribution in [0, 0.1) is 0 Å². The van der Waals surface area contributed by atoms with Crippen LogP contribution in [0.15, 0.2) is 84.9 Å². The molecule has 0 aliphatic carbocycles. The first-order valence-corrected chi connectivity index (χ1v) is 13.0. The molecule has 0 bridgehead atoms. The highest BCUT2D eigenvalue weighted by Gasteiger charge is 2.22. The minimum Gasteiger partial charge on any atom is -0.467 e. The van der Waals surface area contributed by atoms with E-state index in [1.54, 1.807) is 36.4 Å². The predicted octanol–water partition coefficient (Wildman–Crippen LogP) is 4.60. The lowest BCUT2D eigenvalue weighted by Crippen LogP contribution is -2.43. The van der Waals surface area contributed by atoms with E-state index in [0.29, 0.717) is 30.5 Å². The highest BCUT2D eigenvalue weighted by Crippen LogP contribution is 2.13. The van der Waals surface area contributed by atoms with Crippen LogP contribution in [0.1, 0.15) is 52.7 Å². The molecule has 1 atom stereocenters. The molecule has 3 aromatic rings. The number of ketones is 1. The molecule has 0 aliphatic heterocycles. The second-order valence-electron chi connectivity index (χ2n) is 9.04. The van der Waals surface area contributed by atoms with Crippen molar-refractivity contribution in [2.24, 2.45) is 0 Å². The zero-order valence-corrected chi connectivity index (χ0v) is 22.1. The summed E-state index contributed by atoms with van der Waals surface area (Å²) in [5.74, 6) is -0.873. The fourth-order valence-corrected chi connectivity index (χ4v) is 3.94. The standard InChI is InChI=1S/C31H34N2O6/c1-38-30(36)27(21-23-16-18-26(19-17-23)29(35)25-13-7-3-8-14-25)33-28(34)15-9-4-10-20-32-31(37)39-22-24-11-5-2-6-12-24/h2-3,5-8,11-14,16-19,27H,4,9-10,15,20-22H2,1H3,(H,32,37)(H,33,34)/t27-/m0/s1. The Bertz CT molecular complexity index is 1210. The van der Waals surface area contributed by atoms with Crippen molar-refractivity contribution in [2.45, 2.75) is 44.8 Å². The largest absolute Gasteiger partial charge is 0.467 e. The minimum absolute atomic E-state index is 0.0840. The van der Waals surface area contributed by atoms with E-state index in [0.717, 1.165) is 17.5 Å². The lowest BCUT2D eigenvalue weighted by Gasteiger charge is -2.17. The van der Waals surface area contributed by atoms with Crippen molar-refractivity contribution >= 4 is 23.8 Å². The van der Waals surface area contributed by atoms with Gasteiger partial charge in [-0.15, -0.1) is 0 Å². The third-order valence-corrected chi connectivity index (χ3v) is 6.08. The molecule has 2 N–H and O–H groups in total. The maximum absolute atomic E-state index is 12.6. The van der Waals surface area contributed by atoms with Crippen molar-refractivity contribution < 1.29 is 28.7 Å². The Morgan fingerprint density at radius 3 is 2.05 bits per heavy atom. The normalized spacial score (nSPS) is 11.2. The van der Waals surface area contributed by atoms with Gasteiger partial charge < -0.3 is 20.1 Å². The summed E-state index contributed by atoms with van der Waals surface area (Å²) < 4.78 is 10.0. The van der Waals surface area contributed by atoms with Gasteiger partial charge in [0, 0.05) is 30.5 Å². The number of nitrogens with one attached hydrogen (secondary N) is 2. The Labute approximate surface area is 228 Å². The van der Waals surface area contributed by atoms with E-state index >= 15 is 0 Å². The zero-order chi connectivity index (χ0) is 27.9. The first kappa shape index (κ1) is 29.1. The average Bonchev–Trinajstić information content (AvgIpc) is 2.98. The van der Waals surface area contributed by atoms with Gasteiger partial charge in [0.1, 0.15) is 12.6 Å². The SMILES string of the molecule is COC(=O)[C@H](Cc1ccc(C(=O)c2ccccc2)cc1)NC(=O)CCCCCNC(=O)OCc1ccccc1. The van der Waals surface area contributed by atoms with Gasteiger partial charge in [-0.2, -0.15) is 0 Å². The molecular formula is C31H34N2O6. The van der Waals surface area contributed by atoms with Gasteiger partial charge in [0.05, 0.1) is 7.11 Å². The fourth-order valence-electron chi connectivity index (χ4n) is 3.94. The van der Waals surface area contributed by atoms with Crippen molar-refractivity contribution in [1.29, 1.82) is 0 Å². The second kappa shape index (κ2) is 15.7. The van der Waals surface area contributed by atoms with E-state index in [-0.39, 0.29) is 31.1 Å². The van der Waals surface area contributed by atoms with Gasteiger partial charge in [0.15, 0.2) is 5.78 Å². The molecule has 3 rings (SSSR count). The number of ether oxygens (including phenoxy) is 2. The molecule has 0 heterocycles.